The molecule has 2 N–H and O–H groups in total. The lowest BCUT2D eigenvalue weighted by Gasteiger charge is -2.34. The summed E-state index contributed by atoms with van der Waals surface area (Å²) in [5.41, 5.74) is 3.10. The molecule has 0 aromatic heterocycles. The molecule has 7 heteroatoms. The van der Waals surface area contributed by atoms with Crippen LogP contribution >= 0.6 is 12.4 Å². The maximum Gasteiger partial charge on any atom is 0.332 e. The van der Waals surface area contributed by atoms with Gasteiger partial charge in [0.2, 0.25) is 0 Å². The maximum atomic E-state index is 11.8. The number of halogens is 1. The van der Waals surface area contributed by atoms with E-state index in [1.165, 1.54) is 5.56 Å². The van der Waals surface area contributed by atoms with Crippen LogP contribution in [0.5, 0.6) is 5.75 Å². The fraction of sp³-hybridized carbons (Fsp3) is 0.435. The number of carbonyl (C=O) groups is 1. The summed E-state index contributed by atoms with van der Waals surface area (Å²) in [5, 5.41) is 14.0. The average Bonchev–Trinajstić information content (AvgIpc) is 2.76. The molecule has 0 spiro atoms. The first kappa shape index (κ1) is 24.2. The largest absolute Gasteiger partial charge is 0.497 e. The SMILES string of the molecule is CCOC(=O)COC1c2ccccc2CCC1NC[C@@H](O)c1cccc(OC)c1.Cl. The second kappa shape index (κ2) is 11.9. The number of ether oxygens (including phenoxy) is 3. The van der Waals surface area contributed by atoms with Crippen LogP contribution < -0.4 is 10.1 Å². The Kier molecular flexibility index (Phi) is 9.59. The Labute approximate surface area is 183 Å². The highest BCUT2D eigenvalue weighted by Gasteiger charge is 2.31. The van der Waals surface area contributed by atoms with Crippen LogP contribution in [0.2, 0.25) is 0 Å². The second-order valence-corrected chi connectivity index (χ2v) is 7.08. The van der Waals surface area contributed by atoms with Crippen LogP contribution in [0.25, 0.3) is 0 Å². The van der Waals surface area contributed by atoms with Crippen LogP contribution in [0.3, 0.4) is 0 Å². The Morgan fingerprint density at radius 1 is 1.23 bits per heavy atom. The van der Waals surface area contributed by atoms with Crippen LogP contribution in [0, 0.1) is 0 Å². The zero-order valence-electron chi connectivity index (χ0n) is 17.4. The number of methoxy groups -OCH3 is 1. The third-order valence-electron chi connectivity index (χ3n) is 5.19. The Hall–Kier alpha value is -2.12. The van der Waals surface area contributed by atoms with Gasteiger partial charge < -0.3 is 24.6 Å². The standard InChI is InChI=1S/C23H29NO5.ClH/c1-3-28-22(26)15-29-23-19-10-5-4-7-16(19)11-12-20(23)24-14-21(25)17-8-6-9-18(13-17)27-2;/h4-10,13,20-21,23-25H,3,11-12,14-15H2,1-2H3;1H/t20?,21-,23?;/m1./s1. The normalized spacial score (nSPS) is 18.6. The lowest BCUT2D eigenvalue weighted by molar-refractivity contribution is -0.151. The molecular weight excluding hydrogens is 406 g/mol. The van der Waals surface area contributed by atoms with E-state index in [4.69, 9.17) is 14.2 Å². The number of nitrogens with one attached hydrogen (secondary N) is 1. The molecule has 0 heterocycles. The molecule has 0 saturated heterocycles. The Balaban J connectivity index is 0.00000320. The topological polar surface area (TPSA) is 77.0 Å². The third-order valence-corrected chi connectivity index (χ3v) is 5.19. The molecule has 3 atom stereocenters. The quantitative estimate of drug-likeness (QED) is 0.588. The molecule has 1 aliphatic carbocycles. The lowest BCUT2D eigenvalue weighted by Crippen LogP contribution is -2.42. The van der Waals surface area contributed by atoms with Crippen LogP contribution in [0.1, 0.15) is 42.2 Å². The van der Waals surface area contributed by atoms with Gasteiger partial charge in [-0.05, 0) is 48.6 Å². The number of rotatable bonds is 9. The van der Waals surface area contributed by atoms with Crippen molar-refractivity contribution >= 4 is 18.4 Å². The minimum absolute atomic E-state index is 0. The number of aryl methyl sites for hydroxylation is 1. The van der Waals surface area contributed by atoms with E-state index in [0.29, 0.717) is 18.9 Å². The minimum Gasteiger partial charge on any atom is -0.497 e. The van der Waals surface area contributed by atoms with Crippen molar-refractivity contribution < 1.29 is 24.1 Å². The van der Waals surface area contributed by atoms with Gasteiger partial charge in [-0.25, -0.2) is 4.79 Å². The van der Waals surface area contributed by atoms with Crippen LogP contribution in [-0.2, 0) is 20.7 Å². The molecule has 0 amide bonds. The summed E-state index contributed by atoms with van der Waals surface area (Å²) in [6, 6.07) is 15.5. The summed E-state index contributed by atoms with van der Waals surface area (Å²) in [5.74, 6) is 0.342. The number of hydrogen-bond acceptors (Lipinski definition) is 6. The van der Waals surface area contributed by atoms with Crippen molar-refractivity contribution in [2.75, 3.05) is 26.9 Å². The number of carbonyl (C=O) groups excluding carboxylic acids is 1. The molecule has 2 aromatic carbocycles. The average molecular weight is 436 g/mol. The smallest absolute Gasteiger partial charge is 0.332 e. The van der Waals surface area contributed by atoms with Gasteiger partial charge >= 0.3 is 5.97 Å². The number of aliphatic hydroxyl groups excluding tert-OH is 1. The van der Waals surface area contributed by atoms with E-state index in [9.17, 15) is 9.90 Å². The van der Waals surface area contributed by atoms with Gasteiger partial charge in [0.1, 0.15) is 12.4 Å². The van der Waals surface area contributed by atoms with E-state index in [-0.39, 0.29) is 37.1 Å². The highest BCUT2D eigenvalue weighted by atomic mass is 35.5. The Morgan fingerprint density at radius 3 is 2.80 bits per heavy atom. The predicted octanol–water partition coefficient (Wildman–Crippen LogP) is 3.38. The number of hydrogen-bond donors (Lipinski definition) is 2. The minimum atomic E-state index is -0.673. The van der Waals surface area contributed by atoms with Crippen molar-refractivity contribution in [3.8, 4) is 5.75 Å². The van der Waals surface area contributed by atoms with E-state index in [0.717, 1.165) is 24.0 Å². The van der Waals surface area contributed by atoms with Gasteiger partial charge in [-0.3, -0.25) is 0 Å². The summed E-state index contributed by atoms with van der Waals surface area (Å²) in [6.07, 6.45) is 0.826. The molecule has 1 aliphatic rings. The van der Waals surface area contributed by atoms with Crippen molar-refractivity contribution in [2.24, 2.45) is 0 Å². The first-order valence-corrected chi connectivity index (χ1v) is 10.0. The van der Waals surface area contributed by atoms with Crippen molar-refractivity contribution in [1.29, 1.82) is 0 Å². The second-order valence-electron chi connectivity index (χ2n) is 7.08. The van der Waals surface area contributed by atoms with Gasteiger partial charge in [0.15, 0.2) is 0 Å². The molecule has 0 saturated carbocycles. The van der Waals surface area contributed by atoms with Gasteiger partial charge in [0, 0.05) is 12.6 Å². The van der Waals surface area contributed by atoms with Gasteiger partial charge in [0.05, 0.1) is 25.9 Å². The van der Waals surface area contributed by atoms with E-state index < -0.39 is 6.10 Å². The Morgan fingerprint density at radius 2 is 2.03 bits per heavy atom. The van der Waals surface area contributed by atoms with Gasteiger partial charge in [-0.1, -0.05) is 36.4 Å². The van der Waals surface area contributed by atoms with E-state index in [1.807, 2.05) is 42.5 Å². The molecule has 0 aliphatic heterocycles. The molecule has 2 unspecified atom stereocenters. The van der Waals surface area contributed by atoms with E-state index in [2.05, 4.69) is 11.4 Å². The molecule has 164 valence electrons. The van der Waals surface area contributed by atoms with Crippen molar-refractivity contribution in [1.82, 2.24) is 5.32 Å². The van der Waals surface area contributed by atoms with Crippen LogP contribution in [0.4, 0.5) is 0 Å². The molecule has 2 aromatic rings. The molecule has 3 rings (SSSR count). The molecule has 0 radical (unpaired) electrons. The number of benzene rings is 2. The van der Waals surface area contributed by atoms with Crippen molar-refractivity contribution in [3.63, 3.8) is 0 Å². The zero-order chi connectivity index (χ0) is 20.6. The van der Waals surface area contributed by atoms with Crippen molar-refractivity contribution in [3.05, 3.63) is 65.2 Å². The van der Waals surface area contributed by atoms with Gasteiger partial charge in [0.25, 0.3) is 0 Å². The first-order chi connectivity index (χ1) is 14.1. The van der Waals surface area contributed by atoms with E-state index >= 15 is 0 Å². The van der Waals surface area contributed by atoms with Crippen LogP contribution in [-0.4, -0.2) is 44.0 Å². The van der Waals surface area contributed by atoms with Crippen LogP contribution in [0.15, 0.2) is 48.5 Å². The molecule has 6 nitrogen and oxygen atoms in total. The summed E-state index contributed by atoms with van der Waals surface area (Å²) in [7, 11) is 1.61. The molecule has 0 fully saturated rings. The molecular formula is C23H30ClNO5. The monoisotopic (exact) mass is 435 g/mol. The maximum absolute atomic E-state index is 11.8. The zero-order valence-corrected chi connectivity index (χ0v) is 18.2. The fourth-order valence-electron chi connectivity index (χ4n) is 3.72. The lowest BCUT2D eigenvalue weighted by atomic mass is 9.85. The van der Waals surface area contributed by atoms with Crippen molar-refractivity contribution in [2.45, 2.75) is 38.0 Å². The third kappa shape index (κ3) is 6.19. The number of fused-ring (bicyclic) bond motifs is 1. The molecule has 0 bridgehead atoms. The molecule has 30 heavy (non-hydrogen) atoms. The summed E-state index contributed by atoms with van der Waals surface area (Å²) in [4.78, 5) is 11.8. The summed E-state index contributed by atoms with van der Waals surface area (Å²) >= 11 is 0. The highest BCUT2D eigenvalue weighted by Crippen LogP contribution is 2.33. The summed E-state index contributed by atoms with van der Waals surface area (Å²) < 4.78 is 16.2. The number of esters is 1. The van der Waals surface area contributed by atoms with Gasteiger partial charge in [-0.2, -0.15) is 0 Å². The fourth-order valence-corrected chi connectivity index (χ4v) is 3.72. The van der Waals surface area contributed by atoms with E-state index in [1.54, 1.807) is 14.0 Å². The summed E-state index contributed by atoms with van der Waals surface area (Å²) in [6.45, 7) is 2.39. The predicted molar refractivity (Wildman–Crippen MR) is 117 cm³/mol. The first-order valence-electron chi connectivity index (χ1n) is 10.0. The Bertz CT molecular complexity index is 816. The van der Waals surface area contributed by atoms with Gasteiger partial charge in [-0.15, -0.1) is 12.4 Å². The highest BCUT2D eigenvalue weighted by molar-refractivity contribution is 5.85. The number of aliphatic hydroxyl groups is 1.